The van der Waals surface area contributed by atoms with Crippen molar-refractivity contribution in [1.29, 1.82) is 0 Å². The fourth-order valence-electron chi connectivity index (χ4n) is 2.00. The van der Waals surface area contributed by atoms with E-state index in [1.54, 1.807) is 6.20 Å². The summed E-state index contributed by atoms with van der Waals surface area (Å²) in [6.07, 6.45) is 3.15. The van der Waals surface area contributed by atoms with Crippen molar-refractivity contribution in [2.24, 2.45) is 0 Å². The van der Waals surface area contributed by atoms with Crippen LogP contribution in [0.2, 0.25) is 0 Å². The lowest BCUT2D eigenvalue weighted by atomic mass is 10.2. The van der Waals surface area contributed by atoms with Crippen molar-refractivity contribution in [3.63, 3.8) is 0 Å². The van der Waals surface area contributed by atoms with Crippen molar-refractivity contribution in [3.8, 4) is 11.5 Å². The van der Waals surface area contributed by atoms with Crippen LogP contribution in [-0.2, 0) is 0 Å². The lowest BCUT2D eigenvalue weighted by Gasteiger charge is -2.10. The number of hydrogen-bond acceptors (Lipinski definition) is 4. The molecule has 0 unspecified atom stereocenters. The normalized spacial score (nSPS) is 10.6. The Balaban J connectivity index is 1.70. The van der Waals surface area contributed by atoms with Crippen LogP contribution < -0.4 is 10.1 Å². The molecule has 23 heavy (non-hydrogen) atoms. The molecule has 3 rings (SSSR count). The zero-order chi connectivity index (χ0) is 15.9. The van der Waals surface area contributed by atoms with Crippen LogP contribution in [0, 0.1) is 0 Å². The second kappa shape index (κ2) is 7.42. The SMILES string of the molecule is O=C(C=CNc1ccccc1Oc1ccccc1)c1cccs1. The van der Waals surface area contributed by atoms with Crippen LogP contribution in [0.5, 0.6) is 11.5 Å². The van der Waals surface area contributed by atoms with E-state index < -0.39 is 0 Å². The molecule has 0 amide bonds. The van der Waals surface area contributed by atoms with Gasteiger partial charge in [-0.2, -0.15) is 0 Å². The number of para-hydroxylation sites is 3. The smallest absolute Gasteiger partial charge is 0.197 e. The molecule has 0 spiro atoms. The number of carbonyl (C=O) groups is 1. The van der Waals surface area contributed by atoms with Gasteiger partial charge >= 0.3 is 0 Å². The zero-order valence-electron chi connectivity index (χ0n) is 12.3. The van der Waals surface area contributed by atoms with E-state index in [1.165, 1.54) is 17.4 Å². The number of benzene rings is 2. The van der Waals surface area contributed by atoms with Crippen LogP contribution in [0.1, 0.15) is 9.67 Å². The van der Waals surface area contributed by atoms with Crippen LogP contribution in [0.25, 0.3) is 0 Å². The summed E-state index contributed by atoms with van der Waals surface area (Å²) in [4.78, 5) is 12.6. The topological polar surface area (TPSA) is 38.3 Å². The third kappa shape index (κ3) is 4.08. The first kappa shape index (κ1) is 15.1. The molecule has 3 nitrogen and oxygen atoms in total. The predicted octanol–water partition coefficient (Wildman–Crippen LogP) is 5.35. The third-order valence-electron chi connectivity index (χ3n) is 3.10. The van der Waals surface area contributed by atoms with Crippen molar-refractivity contribution in [2.75, 3.05) is 5.32 Å². The Morgan fingerprint density at radius 1 is 0.957 bits per heavy atom. The predicted molar refractivity (Wildman–Crippen MR) is 94.4 cm³/mol. The molecule has 1 N–H and O–H groups in total. The van der Waals surface area contributed by atoms with Crippen LogP contribution in [-0.4, -0.2) is 5.78 Å². The molecule has 4 heteroatoms. The number of ether oxygens (including phenoxy) is 1. The molecule has 2 aromatic carbocycles. The van der Waals surface area contributed by atoms with Crippen molar-refractivity contribution in [2.45, 2.75) is 0 Å². The van der Waals surface area contributed by atoms with Gasteiger partial charge in [-0.1, -0.05) is 36.4 Å². The van der Waals surface area contributed by atoms with E-state index >= 15 is 0 Å². The van der Waals surface area contributed by atoms with E-state index in [1.807, 2.05) is 72.1 Å². The van der Waals surface area contributed by atoms with Crippen molar-refractivity contribution in [1.82, 2.24) is 0 Å². The summed E-state index contributed by atoms with van der Waals surface area (Å²) >= 11 is 1.43. The Labute approximate surface area is 138 Å². The van der Waals surface area contributed by atoms with Gasteiger partial charge in [-0.05, 0) is 35.7 Å². The molecule has 114 valence electrons. The molecule has 0 saturated heterocycles. The van der Waals surface area contributed by atoms with Gasteiger partial charge in [0.1, 0.15) is 5.75 Å². The summed E-state index contributed by atoms with van der Waals surface area (Å²) in [6, 6.07) is 20.8. The number of ketones is 1. The van der Waals surface area contributed by atoms with Gasteiger partial charge in [0.25, 0.3) is 0 Å². The Kier molecular flexibility index (Phi) is 4.86. The number of hydrogen-bond donors (Lipinski definition) is 1. The lowest BCUT2D eigenvalue weighted by Crippen LogP contribution is -1.95. The van der Waals surface area contributed by atoms with E-state index in [4.69, 9.17) is 4.74 Å². The van der Waals surface area contributed by atoms with Gasteiger partial charge in [0.15, 0.2) is 11.5 Å². The molecule has 0 aliphatic heterocycles. The minimum Gasteiger partial charge on any atom is -0.455 e. The van der Waals surface area contributed by atoms with Gasteiger partial charge in [-0.15, -0.1) is 11.3 Å². The molecule has 0 fully saturated rings. The molecule has 1 aromatic heterocycles. The summed E-state index contributed by atoms with van der Waals surface area (Å²) in [7, 11) is 0. The van der Waals surface area contributed by atoms with E-state index in [2.05, 4.69) is 5.32 Å². The Morgan fingerprint density at radius 3 is 2.52 bits per heavy atom. The second-order valence-electron chi connectivity index (χ2n) is 4.73. The summed E-state index contributed by atoms with van der Waals surface area (Å²) in [5.41, 5.74) is 0.798. The number of rotatable bonds is 6. The van der Waals surface area contributed by atoms with E-state index in [0.29, 0.717) is 5.75 Å². The highest BCUT2D eigenvalue weighted by atomic mass is 32.1. The minimum atomic E-state index is -0.0195. The standard InChI is InChI=1S/C19H15NO2S/c21-17(19-11-6-14-23-19)12-13-20-16-9-4-5-10-18(16)22-15-7-2-1-3-8-15/h1-14,20H. The Hall–Kier alpha value is -2.85. The van der Waals surface area contributed by atoms with E-state index in [9.17, 15) is 4.79 Å². The largest absolute Gasteiger partial charge is 0.455 e. The van der Waals surface area contributed by atoms with Crippen LogP contribution in [0.3, 0.4) is 0 Å². The molecule has 0 radical (unpaired) electrons. The molecule has 0 atom stereocenters. The van der Waals surface area contributed by atoms with Crippen molar-refractivity contribution < 1.29 is 9.53 Å². The van der Waals surface area contributed by atoms with E-state index in [-0.39, 0.29) is 5.78 Å². The maximum absolute atomic E-state index is 11.9. The minimum absolute atomic E-state index is 0.0195. The van der Waals surface area contributed by atoms with Crippen molar-refractivity contribution in [3.05, 3.63) is 89.3 Å². The van der Waals surface area contributed by atoms with Crippen molar-refractivity contribution >= 4 is 22.8 Å². The van der Waals surface area contributed by atoms with Crippen LogP contribution in [0.15, 0.2) is 84.4 Å². The van der Waals surface area contributed by atoms with Gasteiger partial charge in [0, 0.05) is 12.3 Å². The highest BCUT2D eigenvalue weighted by molar-refractivity contribution is 7.12. The maximum Gasteiger partial charge on any atom is 0.197 e. The van der Waals surface area contributed by atoms with Crippen LogP contribution in [0.4, 0.5) is 5.69 Å². The molecular weight excluding hydrogens is 306 g/mol. The lowest BCUT2D eigenvalue weighted by molar-refractivity contribution is 0.105. The van der Waals surface area contributed by atoms with Gasteiger partial charge in [-0.3, -0.25) is 4.79 Å². The highest BCUT2D eigenvalue weighted by Crippen LogP contribution is 2.29. The summed E-state index contributed by atoms with van der Waals surface area (Å²) < 4.78 is 5.86. The number of carbonyl (C=O) groups excluding carboxylic acids is 1. The molecule has 0 saturated carbocycles. The highest BCUT2D eigenvalue weighted by Gasteiger charge is 2.04. The fraction of sp³-hybridized carbons (Fsp3) is 0. The van der Waals surface area contributed by atoms with Gasteiger partial charge < -0.3 is 10.1 Å². The van der Waals surface area contributed by atoms with Gasteiger partial charge in [0.05, 0.1) is 10.6 Å². The third-order valence-corrected chi connectivity index (χ3v) is 3.98. The number of anilines is 1. The summed E-state index contributed by atoms with van der Waals surface area (Å²) in [5, 5.41) is 4.99. The molecule has 0 aliphatic rings. The molecule has 3 aromatic rings. The van der Waals surface area contributed by atoms with Crippen LogP contribution >= 0.6 is 11.3 Å². The van der Waals surface area contributed by atoms with E-state index in [0.717, 1.165) is 16.3 Å². The Morgan fingerprint density at radius 2 is 1.74 bits per heavy atom. The average Bonchev–Trinajstić information content (AvgIpc) is 3.12. The number of allylic oxidation sites excluding steroid dienone is 1. The Bertz CT molecular complexity index is 795. The first-order chi connectivity index (χ1) is 11.3. The summed E-state index contributed by atoms with van der Waals surface area (Å²) in [6.45, 7) is 0. The summed E-state index contributed by atoms with van der Waals surface area (Å²) in [5.74, 6) is 1.45. The zero-order valence-corrected chi connectivity index (χ0v) is 13.1. The molecular formula is C19H15NO2S. The van der Waals surface area contributed by atoms with Gasteiger partial charge in [-0.25, -0.2) is 0 Å². The number of thiophene rings is 1. The molecule has 0 aliphatic carbocycles. The molecule has 1 heterocycles. The first-order valence-electron chi connectivity index (χ1n) is 7.16. The molecule has 0 bridgehead atoms. The first-order valence-corrected chi connectivity index (χ1v) is 8.04. The number of nitrogens with one attached hydrogen (secondary N) is 1. The fourth-order valence-corrected chi connectivity index (χ4v) is 2.64. The van der Waals surface area contributed by atoms with Gasteiger partial charge in [0.2, 0.25) is 0 Å². The monoisotopic (exact) mass is 321 g/mol. The maximum atomic E-state index is 11.9. The average molecular weight is 321 g/mol. The quantitative estimate of drug-likeness (QED) is 0.491. The second-order valence-corrected chi connectivity index (χ2v) is 5.68.